The maximum Gasteiger partial charge on any atom is 0.325 e. The van der Waals surface area contributed by atoms with Crippen LogP contribution in [0.2, 0.25) is 0 Å². The molecular formula is C13H17FN2O2. The van der Waals surface area contributed by atoms with Gasteiger partial charge in [-0.3, -0.25) is 9.69 Å². The van der Waals surface area contributed by atoms with Crippen LogP contribution in [0.15, 0.2) is 24.3 Å². The minimum absolute atomic E-state index is 0.0366. The van der Waals surface area contributed by atoms with Crippen LogP contribution in [0.25, 0.3) is 0 Å². The van der Waals surface area contributed by atoms with E-state index in [1.54, 1.807) is 6.07 Å². The normalized spacial score (nSPS) is 26.2. The third kappa shape index (κ3) is 2.37. The zero-order chi connectivity index (χ0) is 13.3. The summed E-state index contributed by atoms with van der Waals surface area (Å²) < 4.78 is 13.2. The summed E-state index contributed by atoms with van der Waals surface area (Å²) in [6, 6.07) is 6.33. The zero-order valence-electron chi connectivity index (χ0n) is 10.3. The Balaban J connectivity index is 2.12. The molecule has 18 heavy (non-hydrogen) atoms. The molecule has 0 amide bonds. The molecule has 98 valence electrons. The van der Waals surface area contributed by atoms with Crippen LogP contribution in [-0.4, -0.2) is 34.6 Å². The Morgan fingerprint density at radius 1 is 1.61 bits per heavy atom. The van der Waals surface area contributed by atoms with Crippen LogP contribution in [0.1, 0.15) is 24.9 Å². The molecule has 1 aromatic rings. The van der Waals surface area contributed by atoms with E-state index in [4.69, 9.17) is 10.8 Å². The molecule has 1 aliphatic heterocycles. The van der Waals surface area contributed by atoms with Crippen molar-refractivity contribution in [3.05, 3.63) is 35.6 Å². The van der Waals surface area contributed by atoms with Crippen molar-refractivity contribution in [1.29, 1.82) is 0 Å². The summed E-state index contributed by atoms with van der Waals surface area (Å²) in [6.07, 6.45) is 0.419. The van der Waals surface area contributed by atoms with Gasteiger partial charge in [-0.15, -0.1) is 0 Å². The lowest BCUT2D eigenvalue weighted by Crippen LogP contribution is -2.50. The number of rotatable bonds is 3. The Kier molecular flexibility index (Phi) is 3.36. The molecule has 1 saturated heterocycles. The fourth-order valence-corrected chi connectivity index (χ4v) is 2.35. The van der Waals surface area contributed by atoms with Gasteiger partial charge < -0.3 is 10.8 Å². The number of hydrogen-bond donors (Lipinski definition) is 2. The number of aliphatic carboxylic acids is 1. The Morgan fingerprint density at radius 2 is 2.33 bits per heavy atom. The monoisotopic (exact) mass is 252 g/mol. The second kappa shape index (κ2) is 4.66. The molecule has 0 saturated carbocycles. The van der Waals surface area contributed by atoms with Crippen LogP contribution in [0.5, 0.6) is 0 Å². The van der Waals surface area contributed by atoms with Gasteiger partial charge in [0.25, 0.3) is 0 Å². The van der Waals surface area contributed by atoms with Crippen molar-refractivity contribution in [3.8, 4) is 0 Å². The molecule has 0 spiro atoms. The molecule has 2 rings (SSSR count). The van der Waals surface area contributed by atoms with Gasteiger partial charge in [0.1, 0.15) is 11.4 Å². The number of hydrogen-bond acceptors (Lipinski definition) is 3. The van der Waals surface area contributed by atoms with Crippen molar-refractivity contribution >= 4 is 5.97 Å². The average Bonchev–Trinajstić information content (AvgIpc) is 2.72. The van der Waals surface area contributed by atoms with Crippen molar-refractivity contribution in [1.82, 2.24) is 4.90 Å². The second-order valence-corrected chi connectivity index (χ2v) is 4.91. The molecule has 0 bridgehead atoms. The largest absolute Gasteiger partial charge is 0.480 e. The highest BCUT2D eigenvalue weighted by Gasteiger charge is 2.42. The minimum atomic E-state index is -1.18. The van der Waals surface area contributed by atoms with Crippen LogP contribution >= 0.6 is 0 Å². The smallest absolute Gasteiger partial charge is 0.325 e. The quantitative estimate of drug-likeness (QED) is 0.852. The molecule has 1 aromatic carbocycles. The minimum Gasteiger partial charge on any atom is -0.480 e. The van der Waals surface area contributed by atoms with E-state index < -0.39 is 11.5 Å². The standard InChI is InChI=1S/C13H17FN2O2/c1-9(10-3-2-4-11(14)7-10)16-6-5-13(15,8-16)12(17)18/h2-4,7,9H,5-6,8,15H2,1H3,(H,17,18). The van der Waals surface area contributed by atoms with Crippen LogP contribution in [0, 0.1) is 5.82 Å². The van der Waals surface area contributed by atoms with Crippen molar-refractivity contribution in [2.24, 2.45) is 5.73 Å². The molecule has 0 aliphatic carbocycles. The molecule has 4 nitrogen and oxygen atoms in total. The van der Waals surface area contributed by atoms with Crippen LogP contribution in [0.3, 0.4) is 0 Å². The summed E-state index contributed by atoms with van der Waals surface area (Å²) >= 11 is 0. The van der Waals surface area contributed by atoms with Crippen LogP contribution in [0.4, 0.5) is 4.39 Å². The molecular weight excluding hydrogens is 235 g/mol. The van der Waals surface area contributed by atoms with Crippen molar-refractivity contribution < 1.29 is 14.3 Å². The summed E-state index contributed by atoms with van der Waals surface area (Å²) in [7, 11) is 0. The van der Waals surface area contributed by atoms with E-state index in [1.807, 2.05) is 17.9 Å². The number of carboxylic acid groups (broad SMARTS) is 1. The molecule has 5 heteroatoms. The third-order valence-electron chi connectivity index (χ3n) is 3.64. The molecule has 0 aromatic heterocycles. The molecule has 1 aliphatic rings. The summed E-state index contributed by atoms with van der Waals surface area (Å²) in [5, 5.41) is 9.08. The van der Waals surface area contributed by atoms with Gasteiger partial charge in [-0.25, -0.2) is 4.39 Å². The van der Waals surface area contributed by atoms with Crippen LogP contribution < -0.4 is 5.73 Å². The van der Waals surface area contributed by atoms with Gasteiger partial charge in [0.05, 0.1) is 0 Å². The van der Waals surface area contributed by atoms with Gasteiger partial charge >= 0.3 is 5.97 Å². The lowest BCUT2D eigenvalue weighted by atomic mass is 10.0. The fourth-order valence-electron chi connectivity index (χ4n) is 2.35. The van der Waals surface area contributed by atoms with Crippen molar-refractivity contribution in [2.75, 3.05) is 13.1 Å². The topological polar surface area (TPSA) is 66.6 Å². The molecule has 2 atom stereocenters. The highest BCUT2D eigenvalue weighted by atomic mass is 19.1. The number of likely N-dealkylation sites (tertiary alicyclic amines) is 1. The highest BCUT2D eigenvalue weighted by molar-refractivity contribution is 5.79. The zero-order valence-corrected chi connectivity index (χ0v) is 10.3. The maximum atomic E-state index is 13.2. The summed E-state index contributed by atoms with van der Waals surface area (Å²) in [5.41, 5.74) is 5.48. The van der Waals surface area contributed by atoms with Crippen molar-refractivity contribution in [3.63, 3.8) is 0 Å². The van der Waals surface area contributed by atoms with Gasteiger partial charge in [-0.2, -0.15) is 0 Å². The van der Waals surface area contributed by atoms with Crippen LogP contribution in [-0.2, 0) is 4.79 Å². The first-order valence-electron chi connectivity index (χ1n) is 5.94. The van der Waals surface area contributed by atoms with E-state index in [0.29, 0.717) is 19.5 Å². The van der Waals surface area contributed by atoms with Gasteiger partial charge in [0.2, 0.25) is 0 Å². The molecule has 0 radical (unpaired) electrons. The maximum absolute atomic E-state index is 13.2. The van der Waals surface area contributed by atoms with Gasteiger partial charge in [-0.1, -0.05) is 12.1 Å². The van der Waals surface area contributed by atoms with Gasteiger partial charge in [0.15, 0.2) is 0 Å². The summed E-state index contributed by atoms with van der Waals surface area (Å²) in [6.45, 7) is 2.84. The predicted molar refractivity (Wildman–Crippen MR) is 65.6 cm³/mol. The fraction of sp³-hybridized carbons (Fsp3) is 0.462. The Bertz CT molecular complexity index is 466. The SMILES string of the molecule is CC(c1cccc(F)c1)N1CCC(N)(C(=O)O)C1. The Morgan fingerprint density at radius 3 is 2.89 bits per heavy atom. The highest BCUT2D eigenvalue weighted by Crippen LogP contribution is 2.28. The van der Waals surface area contributed by atoms with Gasteiger partial charge in [-0.05, 0) is 31.0 Å². The summed E-state index contributed by atoms with van der Waals surface area (Å²) in [5.74, 6) is -1.26. The predicted octanol–water partition coefficient (Wildman–Crippen LogP) is 1.37. The van der Waals surface area contributed by atoms with E-state index >= 15 is 0 Å². The van der Waals surface area contributed by atoms with E-state index in [-0.39, 0.29) is 11.9 Å². The first kappa shape index (κ1) is 13.0. The lowest BCUT2D eigenvalue weighted by molar-refractivity contribution is -0.142. The average molecular weight is 252 g/mol. The number of benzene rings is 1. The number of carboxylic acids is 1. The lowest BCUT2D eigenvalue weighted by Gasteiger charge is -2.26. The third-order valence-corrected chi connectivity index (χ3v) is 3.64. The molecule has 3 N–H and O–H groups in total. The molecule has 2 unspecified atom stereocenters. The number of nitrogens with zero attached hydrogens (tertiary/aromatic N) is 1. The van der Waals surface area contributed by atoms with E-state index in [9.17, 15) is 9.18 Å². The van der Waals surface area contributed by atoms with E-state index in [0.717, 1.165) is 5.56 Å². The van der Waals surface area contributed by atoms with E-state index in [2.05, 4.69) is 0 Å². The Labute approximate surface area is 105 Å². The first-order chi connectivity index (χ1) is 8.42. The number of nitrogens with two attached hydrogens (primary N) is 1. The number of carbonyl (C=O) groups is 1. The second-order valence-electron chi connectivity index (χ2n) is 4.91. The van der Waals surface area contributed by atoms with E-state index in [1.165, 1.54) is 12.1 Å². The number of halogens is 1. The molecule has 1 heterocycles. The first-order valence-corrected chi connectivity index (χ1v) is 5.94. The Hall–Kier alpha value is -1.46. The summed E-state index contributed by atoms with van der Waals surface area (Å²) in [4.78, 5) is 13.0. The van der Waals surface area contributed by atoms with Gasteiger partial charge in [0, 0.05) is 19.1 Å². The van der Waals surface area contributed by atoms with Crippen molar-refractivity contribution in [2.45, 2.75) is 24.9 Å². The molecule has 1 fully saturated rings.